The van der Waals surface area contributed by atoms with E-state index in [1.54, 1.807) is 12.1 Å². The number of imidazole rings is 1. The summed E-state index contributed by atoms with van der Waals surface area (Å²) in [7, 11) is 0. The highest BCUT2D eigenvalue weighted by atomic mass is 19.1. The Morgan fingerprint density at radius 2 is 1.96 bits per heavy atom. The van der Waals surface area contributed by atoms with Crippen LogP contribution in [0.4, 0.5) is 4.39 Å². The van der Waals surface area contributed by atoms with Crippen molar-refractivity contribution in [3.05, 3.63) is 70.9 Å². The Hall–Kier alpha value is -2.69. The van der Waals surface area contributed by atoms with Gasteiger partial charge >= 0.3 is 0 Å². The number of fused-ring (bicyclic) bond motifs is 1. The summed E-state index contributed by atoms with van der Waals surface area (Å²) in [6, 6.07) is 10.1. The summed E-state index contributed by atoms with van der Waals surface area (Å²) in [5, 5.41) is 2.86. The maximum Gasteiger partial charge on any atom is 0.226 e. The predicted molar refractivity (Wildman–Crippen MR) is 86.6 cm³/mol. The molecule has 0 spiro atoms. The molecule has 0 aliphatic heterocycles. The van der Waals surface area contributed by atoms with E-state index in [2.05, 4.69) is 10.3 Å². The highest BCUT2D eigenvalue weighted by Crippen LogP contribution is 2.15. The van der Waals surface area contributed by atoms with Gasteiger partial charge in [0.25, 0.3) is 0 Å². The lowest BCUT2D eigenvalue weighted by Crippen LogP contribution is -2.25. The molecule has 1 N–H and O–H groups in total. The van der Waals surface area contributed by atoms with E-state index in [1.165, 1.54) is 12.1 Å². The fraction of sp³-hybridized carbons (Fsp3) is 0.222. The molecule has 0 saturated heterocycles. The van der Waals surface area contributed by atoms with Crippen molar-refractivity contribution in [2.45, 2.75) is 26.8 Å². The highest BCUT2D eigenvalue weighted by Gasteiger charge is 2.13. The van der Waals surface area contributed by atoms with Crippen molar-refractivity contribution in [2.75, 3.05) is 0 Å². The van der Waals surface area contributed by atoms with Crippen molar-refractivity contribution in [3.8, 4) is 0 Å². The van der Waals surface area contributed by atoms with Crippen LogP contribution in [0.3, 0.4) is 0 Å². The Morgan fingerprint density at radius 3 is 2.70 bits per heavy atom. The van der Waals surface area contributed by atoms with Gasteiger partial charge < -0.3 is 9.72 Å². The number of carbonyl (C=O) groups excluding carboxylic acids is 1. The minimum Gasteiger partial charge on any atom is -0.352 e. The van der Waals surface area contributed by atoms with Crippen LogP contribution in [0.2, 0.25) is 0 Å². The Kier molecular flexibility index (Phi) is 4.10. The van der Waals surface area contributed by atoms with E-state index in [9.17, 15) is 9.18 Å². The number of hydrogen-bond donors (Lipinski definition) is 1. The maximum atomic E-state index is 12.9. The van der Waals surface area contributed by atoms with Gasteiger partial charge in [0.05, 0.1) is 17.8 Å². The van der Waals surface area contributed by atoms with E-state index >= 15 is 0 Å². The number of halogens is 1. The Labute approximate surface area is 134 Å². The summed E-state index contributed by atoms with van der Waals surface area (Å²) in [5.41, 5.74) is 4.57. The van der Waals surface area contributed by atoms with Crippen LogP contribution in [0, 0.1) is 19.7 Å². The Bertz CT molecular complexity index is 853. The van der Waals surface area contributed by atoms with E-state index in [-0.39, 0.29) is 18.1 Å². The van der Waals surface area contributed by atoms with Crippen molar-refractivity contribution in [1.29, 1.82) is 0 Å². The molecule has 2 heterocycles. The summed E-state index contributed by atoms with van der Waals surface area (Å²) in [5.74, 6) is -0.363. The zero-order chi connectivity index (χ0) is 16.4. The summed E-state index contributed by atoms with van der Waals surface area (Å²) in [4.78, 5) is 16.7. The molecular formula is C18H18FN3O. The quantitative estimate of drug-likeness (QED) is 0.805. The lowest BCUT2D eigenvalue weighted by atomic mass is 10.2. The van der Waals surface area contributed by atoms with Crippen molar-refractivity contribution < 1.29 is 9.18 Å². The first-order valence-corrected chi connectivity index (χ1v) is 7.49. The third kappa shape index (κ3) is 3.23. The fourth-order valence-electron chi connectivity index (χ4n) is 2.60. The van der Waals surface area contributed by atoms with Crippen LogP contribution < -0.4 is 5.32 Å². The summed E-state index contributed by atoms with van der Waals surface area (Å²) < 4.78 is 14.8. The topological polar surface area (TPSA) is 46.4 Å². The largest absolute Gasteiger partial charge is 0.352 e. The van der Waals surface area contributed by atoms with E-state index in [0.717, 1.165) is 28.2 Å². The number of pyridine rings is 1. The lowest BCUT2D eigenvalue weighted by Gasteiger charge is -2.07. The van der Waals surface area contributed by atoms with Gasteiger partial charge in [0.1, 0.15) is 11.5 Å². The minimum absolute atomic E-state index is 0.0827. The molecule has 2 aromatic heterocycles. The first kappa shape index (κ1) is 15.2. The van der Waals surface area contributed by atoms with Crippen molar-refractivity contribution in [3.63, 3.8) is 0 Å². The van der Waals surface area contributed by atoms with Crippen LogP contribution in [-0.4, -0.2) is 15.3 Å². The smallest absolute Gasteiger partial charge is 0.226 e. The molecular weight excluding hydrogens is 293 g/mol. The minimum atomic E-state index is -0.281. The summed E-state index contributed by atoms with van der Waals surface area (Å²) in [6.45, 7) is 4.29. The lowest BCUT2D eigenvalue weighted by molar-refractivity contribution is -0.120. The van der Waals surface area contributed by atoms with E-state index in [0.29, 0.717) is 6.54 Å². The van der Waals surface area contributed by atoms with Gasteiger partial charge in [-0.25, -0.2) is 9.37 Å². The Balaban J connectivity index is 1.72. The van der Waals surface area contributed by atoms with Crippen LogP contribution in [0.5, 0.6) is 0 Å². The third-order valence-corrected chi connectivity index (χ3v) is 3.88. The van der Waals surface area contributed by atoms with Crippen molar-refractivity contribution in [1.82, 2.24) is 14.7 Å². The van der Waals surface area contributed by atoms with Crippen LogP contribution in [0.25, 0.3) is 5.65 Å². The number of nitrogens with zero attached hydrogens (tertiary/aromatic N) is 2. The number of aryl methyl sites for hydroxylation is 2. The monoisotopic (exact) mass is 311 g/mol. The number of benzene rings is 1. The molecule has 0 radical (unpaired) electrons. The number of carbonyl (C=O) groups is 1. The van der Waals surface area contributed by atoms with Crippen molar-refractivity contribution >= 4 is 11.6 Å². The van der Waals surface area contributed by atoms with Gasteiger partial charge in [-0.05, 0) is 43.2 Å². The number of nitrogens with one attached hydrogen (secondary N) is 1. The average molecular weight is 311 g/mol. The molecule has 0 saturated carbocycles. The average Bonchev–Trinajstić information content (AvgIpc) is 2.85. The first-order chi connectivity index (χ1) is 11.0. The van der Waals surface area contributed by atoms with Gasteiger partial charge in [-0.3, -0.25) is 4.79 Å². The number of amides is 1. The molecule has 0 atom stereocenters. The molecule has 0 unspecified atom stereocenters. The van der Waals surface area contributed by atoms with Crippen LogP contribution in [0.1, 0.15) is 22.5 Å². The van der Waals surface area contributed by atoms with Gasteiger partial charge in [-0.1, -0.05) is 18.2 Å². The van der Waals surface area contributed by atoms with Crippen LogP contribution >= 0.6 is 0 Å². The zero-order valence-corrected chi connectivity index (χ0v) is 13.1. The van der Waals surface area contributed by atoms with E-state index in [1.807, 2.05) is 36.6 Å². The summed E-state index contributed by atoms with van der Waals surface area (Å²) >= 11 is 0. The first-order valence-electron chi connectivity index (χ1n) is 7.49. The second kappa shape index (κ2) is 6.20. The van der Waals surface area contributed by atoms with E-state index in [4.69, 9.17) is 0 Å². The third-order valence-electron chi connectivity index (χ3n) is 3.88. The SMILES string of the molecule is Cc1nc2c(C)cccn2c1CC(=O)NCc1ccc(F)cc1. The predicted octanol–water partition coefficient (Wildman–Crippen LogP) is 2.95. The molecule has 3 aromatic rings. The molecule has 118 valence electrons. The van der Waals surface area contributed by atoms with E-state index < -0.39 is 0 Å². The molecule has 0 bridgehead atoms. The Morgan fingerprint density at radius 1 is 1.22 bits per heavy atom. The van der Waals surface area contributed by atoms with Gasteiger partial charge in [-0.15, -0.1) is 0 Å². The number of rotatable bonds is 4. The van der Waals surface area contributed by atoms with Crippen molar-refractivity contribution in [2.24, 2.45) is 0 Å². The molecule has 0 fully saturated rings. The van der Waals surface area contributed by atoms with Gasteiger partial charge in [0.15, 0.2) is 0 Å². The highest BCUT2D eigenvalue weighted by molar-refractivity contribution is 5.78. The van der Waals surface area contributed by atoms with Crippen LogP contribution in [-0.2, 0) is 17.8 Å². The molecule has 0 aliphatic carbocycles. The maximum absolute atomic E-state index is 12.9. The zero-order valence-electron chi connectivity index (χ0n) is 13.1. The fourth-order valence-corrected chi connectivity index (χ4v) is 2.60. The summed E-state index contributed by atoms with van der Waals surface area (Å²) in [6.07, 6.45) is 2.18. The van der Waals surface area contributed by atoms with Gasteiger partial charge in [-0.2, -0.15) is 0 Å². The molecule has 1 aromatic carbocycles. The second-order valence-corrected chi connectivity index (χ2v) is 5.61. The van der Waals surface area contributed by atoms with Crippen LogP contribution in [0.15, 0.2) is 42.6 Å². The van der Waals surface area contributed by atoms with Gasteiger partial charge in [0, 0.05) is 12.7 Å². The molecule has 5 heteroatoms. The molecule has 4 nitrogen and oxygen atoms in total. The molecule has 1 amide bonds. The number of hydrogen-bond acceptors (Lipinski definition) is 2. The standard InChI is InChI=1S/C18H18FN3O/c1-12-4-3-9-22-16(13(2)21-18(12)22)10-17(23)20-11-14-5-7-15(19)8-6-14/h3-9H,10-11H2,1-2H3,(H,20,23). The molecule has 23 heavy (non-hydrogen) atoms. The second-order valence-electron chi connectivity index (χ2n) is 5.61. The normalized spacial score (nSPS) is 10.9. The molecule has 0 aliphatic rings. The van der Waals surface area contributed by atoms with Gasteiger partial charge in [0.2, 0.25) is 5.91 Å². The molecule has 3 rings (SSSR count). The number of aromatic nitrogens is 2.